The summed E-state index contributed by atoms with van der Waals surface area (Å²) in [4.78, 5) is 27.2. The predicted octanol–water partition coefficient (Wildman–Crippen LogP) is 0.0205. The van der Waals surface area contributed by atoms with Crippen molar-refractivity contribution in [1.82, 2.24) is 15.9 Å². The van der Waals surface area contributed by atoms with Gasteiger partial charge in [0.2, 0.25) is 5.91 Å². The highest BCUT2D eigenvalue weighted by molar-refractivity contribution is 5.75. The third-order valence-electron chi connectivity index (χ3n) is 1.17. The number of carbonyl (C=O) groups excluding carboxylic acids is 2. The molecule has 0 unspecified atom stereocenters. The Labute approximate surface area is 77.1 Å². The fourth-order valence-electron chi connectivity index (χ4n) is 0.507. The first-order valence-electron chi connectivity index (χ1n) is 4.00. The summed E-state index contributed by atoms with van der Waals surface area (Å²) in [6.45, 7) is 1.88. The lowest BCUT2D eigenvalue weighted by atomic mass is 10.3. The Balaban J connectivity index is 3.45. The largest absolute Gasteiger partial charge is 0.429 e. The van der Waals surface area contributed by atoms with Crippen LogP contribution < -0.4 is 11.0 Å². The van der Waals surface area contributed by atoms with Gasteiger partial charge in [-0.3, -0.25) is 10.2 Å². The molecule has 0 aromatic carbocycles. The molecule has 6 heteroatoms. The highest BCUT2D eigenvalue weighted by Crippen LogP contribution is 1.84. The summed E-state index contributed by atoms with van der Waals surface area (Å²) in [5, 5.41) is 0. The molecule has 0 radical (unpaired) electrons. The normalized spacial score (nSPS) is 9.15. The van der Waals surface area contributed by atoms with Crippen molar-refractivity contribution in [3.05, 3.63) is 0 Å². The molecule has 0 spiro atoms. The summed E-state index contributed by atoms with van der Waals surface area (Å²) in [5.74, 6) is -0.214. The molecule has 0 atom stereocenters. The molecule has 0 fully saturated rings. The van der Waals surface area contributed by atoms with Crippen LogP contribution in [-0.4, -0.2) is 31.0 Å². The van der Waals surface area contributed by atoms with E-state index in [2.05, 4.69) is 15.9 Å². The second-order valence-electron chi connectivity index (χ2n) is 2.66. The first-order chi connectivity index (χ1) is 6.07. The second kappa shape index (κ2) is 6.24. The van der Waals surface area contributed by atoms with Gasteiger partial charge < -0.3 is 9.74 Å². The van der Waals surface area contributed by atoms with Crippen molar-refractivity contribution >= 4 is 12.0 Å². The van der Waals surface area contributed by atoms with Crippen LogP contribution >= 0.6 is 0 Å². The number of amides is 2. The van der Waals surface area contributed by atoms with Crippen molar-refractivity contribution in [3.63, 3.8) is 0 Å². The Morgan fingerprint density at radius 1 is 1.38 bits per heavy atom. The lowest BCUT2D eigenvalue weighted by molar-refractivity contribution is -0.125. The fourth-order valence-corrected chi connectivity index (χ4v) is 0.507. The molecular weight excluding hydrogens is 174 g/mol. The van der Waals surface area contributed by atoms with E-state index in [4.69, 9.17) is 0 Å². The van der Waals surface area contributed by atoms with E-state index in [0.717, 1.165) is 6.42 Å². The highest BCUT2D eigenvalue weighted by atomic mass is 16.7. The molecule has 0 aliphatic rings. The molecule has 6 nitrogen and oxygen atoms in total. The molecule has 0 aromatic heterocycles. The van der Waals surface area contributed by atoms with Crippen LogP contribution in [0.25, 0.3) is 0 Å². The Morgan fingerprint density at radius 3 is 2.46 bits per heavy atom. The summed E-state index contributed by atoms with van der Waals surface area (Å²) in [5.41, 5.74) is 4.27. The second-order valence-corrected chi connectivity index (χ2v) is 2.66. The number of nitrogens with one attached hydrogen (secondary N) is 2. The molecule has 13 heavy (non-hydrogen) atoms. The average Bonchev–Trinajstić information content (AvgIpc) is 2.04. The van der Waals surface area contributed by atoms with Gasteiger partial charge in [0.1, 0.15) is 0 Å². The maximum atomic E-state index is 10.8. The van der Waals surface area contributed by atoms with Crippen LogP contribution in [0, 0.1) is 0 Å². The quantitative estimate of drug-likeness (QED) is 0.612. The summed E-state index contributed by atoms with van der Waals surface area (Å²) >= 11 is 0. The van der Waals surface area contributed by atoms with Gasteiger partial charge in [0.05, 0.1) is 0 Å². The molecule has 0 aliphatic carbocycles. The maximum absolute atomic E-state index is 10.8. The van der Waals surface area contributed by atoms with Crippen LogP contribution in [-0.2, 0) is 9.63 Å². The van der Waals surface area contributed by atoms with Crippen LogP contribution in [0.2, 0.25) is 0 Å². The van der Waals surface area contributed by atoms with E-state index in [-0.39, 0.29) is 5.91 Å². The number of nitrogens with zero attached hydrogens (tertiary/aromatic N) is 1. The van der Waals surface area contributed by atoms with E-state index < -0.39 is 6.09 Å². The minimum atomic E-state index is -0.572. The first kappa shape index (κ1) is 11.7. The van der Waals surface area contributed by atoms with Gasteiger partial charge in [-0.15, -0.1) is 0 Å². The van der Waals surface area contributed by atoms with Crippen LogP contribution in [0.3, 0.4) is 0 Å². The zero-order chi connectivity index (χ0) is 10.3. The van der Waals surface area contributed by atoms with E-state index in [0.29, 0.717) is 6.42 Å². The van der Waals surface area contributed by atoms with Gasteiger partial charge in [-0.2, -0.15) is 0 Å². The Bertz CT molecular complexity index is 182. The summed E-state index contributed by atoms with van der Waals surface area (Å²) < 4.78 is 0. The average molecular weight is 189 g/mol. The minimum absolute atomic E-state index is 0.214. The number of hydrogen-bond donors (Lipinski definition) is 2. The smallest absolute Gasteiger partial charge is 0.333 e. The van der Waals surface area contributed by atoms with Crippen molar-refractivity contribution in [2.45, 2.75) is 19.8 Å². The molecule has 0 saturated carbocycles. The molecule has 0 saturated heterocycles. The van der Waals surface area contributed by atoms with Gasteiger partial charge in [0.15, 0.2) is 0 Å². The lowest BCUT2D eigenvalue weighted by Gasteiger charge is -2.11. The third-order valence-corrected chi connectivity index (χ3v) is 1.17. The summed E-state index contributed by atoms with van der Waals surface area (Å²) in [7, 11) is 3.08. The van der Waals surface area contributed by atoms with E-state index in [1.165, 1.54) is 19.0 Å². The molecular formula is C7H15N3O3. The van der Waals surface area contributed by atoms with Gasteiger partial charge in [0, 0.05) is 20.5 Å². The standard InChI is InChI=1S/C7H15N3O3/c1-4-5-6(11)8-9-13-7(12)10(2)3/h9H,4-5H2,1-3H3,(H,8,11). The SMILES string of the molecule is CCCC(=O)NNOC(=O)N(C)C. The third kappa shape index (κ3) is 5.92. The number of carbonyl (C=O) groups is 2. The van der Waals surface area contributed by atoms with Crippen molar-refractivity contribution in [2.24, 2.45) is 0 Å². The van der Waals surface area contributed by atoms with Crippen molar-refractivity contribution in [1.29, 1.82) is 0 Å². The molecule has 0 aromatic rings. The molecule has 0 rings (SSSR count). The van der Waals surface area contributed by atoms with E-state index in [9.17, 15) is 9.59 Å². The van der Waals surface area contributed by atoms with E-state index in [1.807, 2.05) is 6.92 Å². The predicted molar refractivity (Wildman–Crippen MR) is 46.4 cm³/mol. The van der Waals surface area contributed by atoms with Crippen LogP contribution in [0.4, 0.5) is 4.79 Å². The van der Waals surface area contributed by atoms with Crippen molar-refractivity contribution < 1.29 is 14.4 Å². The Kier molecular flexibility index (Phi) is 5.62. The number of hydrazine groups is 1. The number of hydrogen-bond acceptors (Lipinski definition) is 4. The van der Waals surface area contributed by atoms with Gasteiger partial charge in [-0.1, -0.05) is 12.5 Å². The Morgan fingerprint density at radius 2 is 2.00 bits per heavy atom. The zero-order valence-electron chi connectivity index (χ0n) is 8.09. The molecule has 2 amide bonds. The van der Waals surface area contributed by atoms with Gasteiger partial charge >= 0.3 is 6.09 Å². The van der Waals surface area contributed by atoms with Gasteiger partial charge in [-0.05, 0) is 6.42 Å². The first-order valence-corrected chi connectivity index (χ1v) is 4.00. The number of rotatable bonds is 4. The fraction of sp³-hybridized carbons (Fsp3) is 0.714. The summed E-state index contributed by atoms with van der Waals surface area (Å²) in [6.07, 6.45) is 0.568. The molecule has 0 aliphatic heterocycles. The Hall–Kier alpha value is -1.30. The van der Waals surface area contributed by atoms with Gasteiger partial charge in [-0.25, -0.2) is 4.79 Å². The topological polar surface area (TPSA) is 70.7 Å². The molecule has 76 valence electrons. The van der Waals surface area contributed by atoms with E-state index >= 15 is 0 Å². The van der Waals surface area contributed by atoms with Crippen LogP contribution in [0.15, 0.2) is 0 Å². The monoisotopic (exact) mass is 189 g/mol. The molecule has 0 bridgehead atoms. The zero-order valence-corrected chi connectivity index (χ0v) is 8.09. The summed E-state index contributed by atoms with van der Waals surface area (Å²) in [6, 6.07) is 0. The highest BCUT2D eigenvalue weighted by Gasteiger charge is 2.04. The van der Waals surface area contributed by atoms with Gasteiger partial charge in [0.25, 0.3) is 0 Å². The van der Waals surface area contributed by atoms with Crippen LogP contribution in [0.1, 0.15) is 19.8 Å². The maximum Gasteiger partial charge on any atom is 0.429 e. The van der Waals surface area contributed by atoms with E-state index in [1.54, 1.807) is 0 Å². The van der Waals surface area contributed by atoms with Crippen LogP contribution in [0.5, 0.6) is 0 Å². The molecule has 2 N–H and O–H groups in total. The van der Waals surface area contributed by atoms with Crippen molar-refractivity contribution in [3.8, 4) is 0 Å². The lowest BCUT2D eigenvalue weighted by Crippen LogP contribution is -2.41. The van der Waals surface area contributed by atoms with Crippen molar-refractivity contribution in [2.75, 3.05) is 14.1 Å². The minimum Gasteiger partial charge on any atom is -0.333 e. The molecule has 0 heterocycles.